The monoisotopic (exact) mass is 244 g/mol. The van der Waals surface area contributed by atoms with E-state index in [0.717, 1.165) is 25.9 Å². The van der Waals surface area contributed by atoms with E-state index in [-0.39, 0.29) is 18.6 Å². The van der Waals surface area contributed by atoms with Gasteiger partial charge in [0, 0.05) is 19.8 Å². The summed E-state index contributed by atoms with van der Waals surface area (Å²) in [4.78, 5) is 13.8. The lowest BCUT2D eigenvalue weighted by molar-refractivity contribution is -0.123. The summed E-state index contributed by atoms with van der Waals surface area (Å²) in [7, 11) is 1.63. The van der Waals surface area contributed by atoms with Gasteiger partial charge in [-0.1, -0.05) is 0 Å². The van der Waals surface area contributed by atoms with E-state index in [1.165, 1.54) is 0 Å². The van der Waals surface area contributed by atoms with E-state index >= 15 is 0 Å². The Kier molecular flexibility index (Phi) is 6.47. The fourth-order valence-corrected chi connectivity index (χ4v) is 2.14. The fourth-order valence-electron chi connectivity index (χ4n) is 2.14. The normalized spacial score (nSPS) is 20.2. The Morgan fingerprint density at radius 1 is 1.53 bits per heavy atom. The van der Waals surface area contributed by atoms with Gasteiger partial charge in [-0.05, 0) is 38.8 Å². The lowest BCUT2D eigenvalue weighted by Crippen LogP contribution is -2.45. The summed E-state index contributed by atoms with van der Waals surface area (Å²) in [5.41, 5.74) is 0. The zero-order valence-corrected chi connectivity index (χ0v) is 10.8. The number of aliphatic hydroxyl groups is 1. The first-order valence-corrected chi connectivity index (χ1v) is 6.27. The second kappa shape index (κ2) is 7.63. The quantitative estimate of drug-likeness (QED) is 0.682. The van der Waals surface area contributed by atoms with E-state index in [1.807, 2.05) is 6.92 Å². The minimum Gasteiger partial charge on any atom is -0.396 e. The first kappa shape index (κ1) is 14.4. The molecule has 0 radical (unpaired) electrons. The molecule has 1 aliphatic heterocycles. The topological polar surface area (TPSA) is 61.8 Å². The summed E-state index contributed by atoms with van der Waals surface area (Å²) in [5.74, 6) is 0.471. The summed E-state index contributed by atoms with van der Waals surface area (Å²) < 4.78 is 4.97. The average Bonchev–Trinajstić information content (AvgIpc) is 2.30. The van der Waals surface area contributed by atoms with E-state index in [0.29, 0.717) is 19.1 Å². The second-order valence-electron chi connectivity index (χ2n) is 4.83. The standard InChI is InChI=1S/C12H24N2O3/c1-10(9-17-2)13-12(16)7-14-5-3-11(8-15)4-6-14/h10-11,15H,3-9H2,1-2H3,(H,13,16)/t10-/m0/s1. The van der Waals surface area contributed by atoms with Crippen molar-refractivity contribution in [3.63, 3.8) is 0 Å². The number of likely N-dealkylation sites (tertiary alicyclic amines) is 1. The number of piperidine rings is 1. The molecule has 5 heteroatoms. The van der Waals surface area contributed by atoms with Crippen molar-refractivity contribution in [3.05, 3.63) is 0 Å². The predicted octanol–water partition coefficient (Wildman–Crippen LogP) is -0.158. The van der Waals surface area contributed by atoms with Crippen molar-refractivity contribution in [1.82, 2.24) is 10.2 Å². The number of methoxy groups -OCH3 is 1. The van der Waals surface area contributed by atoms with Crippen molar-refractivity contribution >= 4 is 5.91 Å². The molecule has 1 rings (SSSR count). The van der Waals surface area contributed by atoms with E-state index in [2.05, 4.69) is 10.2 Å². The highest BCUT2D eigenvalue weighted by Gasteiger charge is 2.20. The van der Waals surface area contributed by atoms with E-state index in [9.17, 15) is 4.79 Å². The molecule has 0 aromatic heterocycles. The Labute approximate surface area is 103 Å². The largest absolute Gasteiger partial charge is 0.396 e. The number of carbonyl (C=O) groups is 1. The molecule has 2 N–H and O–H groups in total. The SMILES string of the molecule is COC[C@H](C)NC(=O)CN1CCC(CO)CC1. The van der Waals surface area contributed by atoms with Gasteiger partial charge in [-0.3, -0.25) is 9.69 Å². The lowest BCUT2D eigenvalue weighted by atomic mass is 9.98. The number of hydrogen-bond donors (Lipinski definition) is 2. The number of nitrogens with one attached hydrogen (secondary N) is 1. The van der Waals surface area contributed by atoms with Crippen LogP contribution in [-0.2, 0) is 9.53 Å². The van der Waals surface area contributed by atoms with Crippen molar-refractivity contribution in [2.45, 2.75) is 25.8 Å². The molecule has 100 valence electrons. The predicted molar refractivity (Wildman–Crippen MR) is 65.7 cm³/mol. The number of aliphatic hydroxyl groups excluding tert-OH is 1. The van der Waals surface area contributed by atoms with Crippen LogP contribution >= 0.6 is 0 Å². The Morgan fingerprint density at radius 3 is 2.71 bits per heavy atom. The van der Waals surface area contributed by atoms with Crippen molar-refractivity contribution in [2.24, 2.45) is 5.92 Å². The molecule has 0 bridgehead atoms. The molecule has 0 aromatic rings. The summed E-state index contributed by atoms with van der Waals surface area (Å²) in [5, 5.41) is 11.9. The van der Waals surface area contributed by atoms with Gasteiger partial charge in [0.05, 0.1) is 13.2 Å². The molecular weight excluding hydrogens is 220 g/mol. The lowest BCUT2D eigenvalue weighted by Gasteiger charge is -2.30. The zero-order chi connectivity index (χ0) is 12.7. The maximum absolute atomic E-state index is 11.7. The van der Waals surface area contributed by atoms with Crippen molar-refractivity contribution in [3.8, 4) is 0 Å². The van der Waals surface area contributed by atoms with Crippen LogP contribution in [0.15, 0.2) is 0 Å². The fraction of sp³-hybridized carbons (Fsp3) is 0.917. The molecule has 17 heavy (non-hydrogen) atoms. The maximum atomic E-state index is 11.7. The molecule has 1 amide bonds. The highest BCUT2D eigenvalue weighted by atomic mass is 16.5. The maximum Gasteiger partial charge on any atom is 0.234 e. The Hall–Kier alpha value is -0.650. The summed E-state index contributed by atoms with van der Waals surface area (Å²) in [6.45, 7) is 4.99. The van der Waals surface area contributed by atoms with Gasteiger partial charge in [-0.2, -0.15) is 0 Å². The van der Waals surface area contributed by atoms with E-state index in [4.69, 9.17) is 9.84 Å². The van der Waals surface area contributed by atoms with Gasteiger partial charge in [0.15, 0.2) is 0 Å². The van der Waals surface area contributed by atoms with Gasteiger partial charge < -0.3 is 15.2 Å². The third kappa shape index (κ3) is 5.48. The van der Waals surface area contributed by atoms with Gasteiger partial charge in [0.1, 0.15) is 0 Å². The number of amides is 1. The summed E-state index contributed by atoms with van der Waals surface area (Å²) in [6.07, 6.45) is 1.97. The highest BCUT2D eigenvalue weighted by Crippen LogP contribution is 2.15. The summed E-state index contributed by atoms with van der Waals surface area (Å²) in [6, 6.07) is 0.0579. The van der Waals surface area contributed by atoms with Crippen LogP contribution in [0.5, 0.6) is 0 Å². The smallest absolute Gasteiger partial charge is 0.234 e. The molecular formula is C12H24N2O3. The van der Waals surface area contributed by atoms with Crippen LogP contribution in [0.1, 0.15) is 19.8 Å². The number of nitrogens with zero attached hydrogens (tertiary/aromatic N) is 1. The molecule has 0 aromatic carbocycles. The van der Waals surface area contributed by atoms with E-state index in [1.54, 1.807) is 7.11 Å². The molecule has 1 saturated heterocycles. The molecule has 1 aliphatic rings. The average molecular weight is 244 g/mol. The highest BCUT2D eigenvalue weighted by molar-refractivity contribution is 5.78. The first-order chi connectivity index (χ1) is 8.15. The summed E-state index contributed by atoms with van der Waals surface area (Å²) >= 11 is 0. The van der Waals surface area contributed by atoms with Gasteiger partial charge >= 0.3 is 0 Å². The van der Waals surface area contributed by atoms with Crippen LogP contribution in [0.25, 0.3) is 0 Å². The Morgan fingerprint density at radius 2 is 2.18 bits per heavy atom. The van der Waals surface area contributed by atoms with Crippen LogP contribution in [0.4, 0.5) is 0 Å². The van der Waals surface area contributed by atoms with Crippen LogP contribution < -0.4 is 5.32 Å². The van der Waals surface area contributed by atoms with Crippen LogP contribution in [0.3, 0.4) is 0 Å². The number of carbonyl (C=O) groups excluding carboxylic acids is 1. The third-order valence-corrected chi connectivity index (χ3v) is 3.16. The molecule has 0 aliphatic carbocycles. The second-order valence-corrected chi connectivity index (χ2v) is 4.83. The van der Waals surface area contributed by atoms with Crippen LogP contribution in [0, 0.1) is 5.92 Å². The number of hydrogen-bond acceptors (Lipinski definition) is 4. The van der Waals surface area contributed by atoms with Gasteiger partial charge in [-0.25, -0.2) is 0 Å². The van der Waals surface area contributed by atoms with Crippen LogP contribution in [0.2, 0.25) is 0 Å². The van der Waals surface area contributed by atoms with Gasteiger partial charge in [0.2, 0.25) is 5.91 Å². The Bertz CT molecular complexity index is 228. The van der Waals surface area contributed by atoms with Crippen molar-refractivity contribution < 1.29 is 14.6 Å². The number of rotatable bonds is 6. The number of ether oxygens (including phenoxy) is 1. The molecule has 5 nitrogen and oxygen atoms in total. The third-order valence-electron chi connectivity index (χ3n) is 3.16. The van der Waals surface area contributed by atoms with Gasteiger partial charge in [0.25, 0.3) is 0 Å². The minimum atomic E-state index is 0.0528. The van der Waals surface area contributed by atoms with Crippen LogP contribution in [-0.4, -0.2) is 61.9 Å². The zero-order valence-electron chi connectivity index (χ0n) is 10.8. The minimum absolute atomic E-state index is 0.0528. The molecule has 1 fully saturated rings. The van der Waals surface area contributed by atoms with E-state index < -0.39 is 0 Å². The Balaban J connectivity index is 2.19. The molecule has 0 spiro atoms. The molecule has 0 saturated carbocycles. The molecule has 0 unspecified atom stereocenters. The molecule has 1 heterocycles. The van der Waals surface area contributed by atoms with Gasteiger partial charge in [-0.15, -0.1) is 0 Å². The van der Waals surface area contributed by atoms with Crippen molar-refractivity contribution in [1.29, 1.82) is 0 Å². The van der Waals surface area contributed by atoms with Crippen molar-refractivity contribution in [2.75, 3.05) is 40.0 Å². The molecule has 1 atom stereocenters. The first-order valence-electron chi connectivity index (χ1n) is 6.27.